The third-order valence-electron chi connectivity index (χ3n) is 4.02. The molecule has 2 amide bonds. The van der Waals surface area contributed by atoms with Gasteiger partial charge in [-0.3, -0.25) is 9.59 Å². The first-order valence-corrected chi connectivity index (χ1v) is 9.47. The van der Waals surface area contributed by atoms with Crippen LogP contribution in [0.1, 0.15) is 33.5 Å². The summed E-state index contributed by atoms with van der Waals surface area (Å²) in [5, 5.41) is 4.72. The van der Waals surface area contributed by atoms with E-state index in [2.05, 4.69) is 5.32 Å². The Hall–Kier alpha value is -1.73. The molecule has 120 valence electrons. The number of nitrogens with one attached hydrogen (secondary N) is 1. The summed E-state index contributed by atoms with van der Waals surface area (Å²) >= 11 is 3.01. The Morgan fingerprint density at radius 2 is 2.17 bits per heavy atom. The highest BCUT2D eigenvalue weighted by atomic mass is 32.2. The second kappa shape index (κ2) is 6.05. The summed E-state index contributed by atoms with van der Waals surface area (Å²) in [5.41, 5.74) is 0.918. The van der Waals surface area contributed by atoms with Crippen LogP contribution in [0.5, 0.6) is 0 Å². The second-order valence-corrected chi connectivity index (χ2v) is 7.79. The summed E-state index contributed by atoms with van der Waals surface area (Å²) in [6.45, 7) is 0. The average Bonchev–Trinajstić information content (AvgIpc) is 3.07. The van der Waals surface area contributed by atoms with Gasteiger partial charge in [-0.25, -0.2) is 0 Å². The number of thiophene rings is 1. The van der Waals surface area contributed by atoms with Crippen molar-refractivity contribution in [1.82, 2.24) is 10.2 Å². The van der Waals surface area contributed by atoms with Crippen LogP contribution >= 0.6 is 23.1 Å². The van der Waals surface area contributed by atoms with E-state index in [4.69, 9.17) is 4.42 Å². The molecule has 1 saturated heterocycles. The number of amides is 2. The number of rotatable bonds is 4. The van der Waals surface area contributed by atoms with E-state index in [0.717, 1.165) is 18.4 Å². The van der Waals surface area contributed by atoms with Crippen molar-refractivity contribution in [3.8, 4) is 0 Å². The van der Waals surface area contributed by atoms with Crippen molar-refractivity contribution in [2.45, 2.75) is 30.3 Å². The van der Waals surface area contributed by atoms with Crippen molar-refractivity contribution >= 4 is 34.9 Å². The molecule has 1 aliphatic heterocycles. The smallest absolute Gasteiger partial charge is 0.265 e. The predicted molar refractivity (Wildman–Crippen MR) is 89.3 cm³/mol. The lowest BCUT2D eigenvalue weighted by Crippen LogP contribution is -2.48. The zero-order valence-corrected chi connectivity index (χ0v) is 13.9. The molecule has 2 fully saturated rings. The summed E-state index contributed by atoms with van der Waals surface area (Å²) in [4.78, 5) is 27.9. The molecule has 23 heavy (non-hydrogen) atoms. The largest absolute Gasteiger partial charge is 0.472 e. The minimum absolute atomic E-state index is 0.0455. The summed E-state index contributed by atoms with van der Waals surface area (Å²) in [6, 6.07) is 5.37. The molecule has 1 saturated carbocycles. The molecule has 4 rings (SSSR count). The first-order chi connectivity index (χ1) is 11.2. The molecule has 2 aromatic heterocycles. The normalized spacial score (nSPS) is 23.9. The molecule has 0 spiro atoms. The van der Waals surface area contributed by atoms with E-state index >= 15 is 0 Å². The Labute approximate surface area is 142 Å². The first kappa shape index (κ1) is 14.8. The number of thioether (sulfide) groups is 1. The van der Waals surface area contributed by atoms with Crippen LogP contribution in [0.25, 0.3) is 0 Å². The van der Waals surface area contributed by atoms with Crippen molar-refractivity contribution in [3.63, 3.8) is 0 Å². The maximum absolute atomic E-state index is 12.9. The summed E-state index contributed by atoms with van der Waals surface area (Å²) in [5.74, 6) is 0.467. The number of carbonyl (C=O) groups is 2. The molecule has 0 bridgehead atoms. The van der Waals surface area contributed by atoms with E-state index in [1.807, 2.05) is 17.5 Å². The lowest BCUT2D eigenvalue weighted by atomic mass is 10.2. The van der Waals surface area contributed by atoms with Gasteiger partial charge in [-0.05, 0) is 30.4 Å². The highest BCUT2D eigenvalue weighted by molar-refractivity contribution is 7.99. The number of furan rings is 1. The number of hydrogen-bond donors (Lipinski definition) is 1. The number of nitrogens with zero attached hydrogens (tertiary/aromatic N) is 1. The zero-order chi connectivity index (χ0) is 15.8. The van der Waals surface area contributed by atoms with Crippen LogP contribution in [0, 0.1) is 0 Å². The van der Waals surface area contributed by atoms with Crippen LogP contribution in [0.2, 0.25) is 0 Å². The van der Waals surface area contributed by atoms with Gasteiger partial charge in [0.15, 0.2) is 0 Å². The zero-order valence-electron chi connectivity index (χ0n) is 12.3. The van der Waals surface area contributed by atoms with Gasteiger partial charge < -0.3 is 14.6 Å². The Bertz CT molecular complexity index is 695. The topological polar surface area (TPSA) is 62.6 Å². The standard InChI is InChI=1S/C16H16N2O3S2/c19-14(17-11-3-4-11)12-9-23-16(10-5-6-21-8-10)18(12)15(20)13-2-1-7-22-13/h1-2,5-8,11-12,16H,3-4,9H2,(H,17,19). The van der Waals surface area contributed by atoms with Gasteiger partial charge in [0.05, 0.1) is 17.4 Å². The molecular formula is C16H16N2O3S2. The van der Waals surface area contributed by atoms with Gasteiger partial charge in [-0.1, -0.05) is 6.07 Å². The summed E-state index contributed by atoms with van der Waals surface area (Å²) in [7, 11) is 0. The van der Waals surface area contributed by atoms with Crippen LogP contribution in [0.3, 0.4) is 0 Å². The fourth-order valence-corrected chi connectivity index (χ4v) is 4.75. The summed E-state index contributed by atoms with van der Waals surface area (Å²) in [6.07, 6.45) is 5.32. The molecule has 0 aromatic carbocycles. The van der Waals surface area contributed by atoms with Crippen molar-refractivity contribution in [2.75, 3.05) is 5.75 Å². The van der Waals surface area contributed by atoms with Crippen LogP contribution in [-0.2, 0) is 4.79 Å². The van der Waals surface area contributed by atoms with E-state index in [0.29, 0.717) is 16.7 Å². The molecule has 2 aromatic rings. The van der Waals surface area contributed by atoms with Gasteiger partial charge in [-0.2, -0.15) is 0 Å². The molecule has 0 radical (unpaired) electrons. The van der Waals surface area contributed by atoms with E-state index in [9.17, 15) is 9.59 Å². The minimum atomic E-state index is -0.435. The van der Waals surface area contributed by atoms with Gasteiger partial charge in [0, 0.05) is 17.4 Å². The fraction of sp³-hybridized carbons (Fsp3) is 0.375. The van der Waals surface area contributed by atoms with E-state index in [-0.39, 0.29) is 17.2 Å². The first-order valence-electron chi connectivity index (χ1n) is 7.54. The van der Waals surface area contributed by atoms with Crippen molar-refractivity contribution in [2.24, 2.45) is 0 Å². The highest BCUT2D eigenvalue weighted by Crippen LogP contribution is 2.43. The monoisotopic (exact) mass is 348 g/mol. The average molecular weight is 348 g/mol. The second-order valence-electron chi connectivity index (χ2n) is 5.73. The predicted octanol–water partition coefficient (Wildman–Crippen LogP) is 2.88. The Balaban J connectivity index is 1.63. The van der Waals surface area contributed by atoms with E-state index in [1.165, 1.54) is 11.3 Å². The SMILES string of the molecule is O=C(NC1CC1)C1CSC(c2ccoc2)N1C(=O)c1cccs1. The molecule has 1 N–H and O–H groups in total. The third kappa shape index (κ3) is 2.90. The molecule has 1 aliphatic carbocycles. The molecular weight excluding hydrogens is 332 g/mol. The lowest BCUT2D eigenvalue weighted by molar-refractivity contribution is -0.125. The number of hydrogen-bond acceptors (Lipinski definition) is 5. The molecule has 3 heterocycles. The van der Waals surface area contributed by atoms with Crippen LogP contribution in [0.15, 0.2) is 40.5 Å². The van der Waals surface area contributed by atoms with Gasteiger partial charge in [-0.15, -0.1) is 23.1 Å². The van der Waals surface area contributed by atoms with Crippen LogP contribution in [0.4, 0.5) is 0 Å². The molecule has 2 atom stereocenters. The van der Waals surface area contributed by atoms with Crippen molar-refractivity contribution < 1.29 is 14.0 Å². The molecule has 2 aliphatic rings. The maximum Gasteiger partial charge on any atom is 0.265 e. The van der Waals surface area contributed by atoms with Gasteiger partial charge >= 0.3 is 0 Å². The Morgan fingerprint density at radius 1 is 1.30 bits per heavy atom. The quantitative estimate of drug-likeness (QED) is 0.923. The van der Waals surface area contributed by atoms with Gasteiger partial charge in [0.1, 0.15) is 11.4 Å². The molecule has 2 unspecified atom stereocenters. The molecule has 5 nitrogen and oxygen atoms in total. The third-order valence-corrected chi connectivity index (χ3v) is 6.20. The summed E-state index contributed by atoms with van der Waals surface area (Å²) < 4.78 is 5.17. The van der Waals surface area contributed by atoms with Gasteiger partial charge in [0.25, 0.3) is 5.91 Å². The lowest BCUT2D eigenvalue weighted by Gasteiger charge is -2.27. The maximum atomic E-state index is 12.9. The minimum Gasteiger partial charge on any atom is -0.472 e. The van der Waals surface area contributed by atoms with E-state index in [1.54, 1.807) is 35.3 Å². The fourth-order valence-electron chi connectivity index (χ4n) is 2.68. The Kier molecular flexibility index (Phi) is 3.90. The van der Waals surface area contributed by atoms with Crippen LogP contribution in [-0.4, -0.2) is 34.6 Å². The van der Waals surface area contributed by atoms with Crippen molar-refractivity contribution in [1.29, 1.82) is 0 Å². The number of carbonyl (C=O) groups excluding carboxylic acids is 2. The van der Waals surface area contributed by atoms with Crippen LogP contribution < -0.4 is 5.32 Å². The van der Waals surface area contributed by atoms with Gasteiger partial charge in [0.2, 0.25) is 5.91 Å². The highest BCUT2D eigenvalue weighted by Gasteiger charge is 2.44. The Morgan fingerprint density at radius 3 is 2.83 bits per heavy atom. The van der Waals surface area contributed by atoms with Crippen molar-refractivity contribution in [3.05, 3.63) is 46.5 Å². The molecule has 7 heteroatoms. The van der Waals surface area contributed by atoms with E-state index < -0.39 is 6.04 Å².